The van der Waals surface area contributed by atoms with Crippen LogP contribution in [0.25, 0.3) is 0 Å². The normalized spacial score (nSPS) is 20.1. The van der Waals surface area contributed by atoms with Crippen LogP contribution in [0.4, 0.5) is 4.39 Å². The van der Waals surface area contributed by atoms with E-state index in [0.29, 0.717) is 17.9 Å². The molecule has 1 aliphatic rings. The van der Waals surface area contributed by atoms with Crippen molar-refractivity contribution in [3.8, 4) is 5.75 Å². The van der Waals surface area contributed by atoms with Crippen LogP contribution < -0.4 is 15.4 Å². The first-order chi connectivity index (χ1) is 9.11. The van der Waals surface area contributed by atoms with Crippen molar-refractivity contribution in [2.24, 2.45) is 5.92 Å². The van der Waals surface area contributed by atoms with Gasteiger partial charge in [-0.25, -0.2) is 4.39 Å². The second kappa shape index (κ2) is 6.02. The zero-order valence-corrected chi connectivity index (χ0v) is 11.2. The van der Waals surface area contributed by atoms with E-state index in [4.69, 9.17) is 4.74 Å². The Labute approximate surface area is 112 Å². The molecule has 1 saturated heterocycles. The van der Waals surface area contributed by atoms with Crippen molar-refractivity contribution in [1.29, 1.82) is 0 Å². The van der Waals surface area contributed by atoms with Gasteiger partial charge in [-0.15, -0.1) is 0 Å². The summed E-state index contributed by atoms with van der Waals surface area (Å²) >= 11 is 0. The quantitative estimate of drug-likeness (QED) is 0.870. The lowest BCUT2D eigenvalue weighted by molar-refractivity contribution is -0.125. The highest BCUT2D eigenvalue weighted by atomic mass is 19.1. The SMILES string of the molecule is COc1ccc(F)cc1C(C)NC(=O)C1CCNC1. The molecule has 0 aromatic heterocycles. The van der Waals surface area contributed by atoms with Crippen LogP contribution in [0.3, 0.4) is 0 Å². The third-order valence-electron chi connectivity index (χ3n) is 3.45. The zero-order chi connectivity index (χ0) is 13.8. The Bertz CT molecular complexity index is 459. The minimum absolute atomic E-state index is 0.00186. The Morgan fingerprint density at radius 1 is 1.58 bits per heavy atom. The Hall–Kier alpha value is -1.62. The molecule has 0 saturated carbocycles. The molecular formula is C14H19FN2O2. The summed E-state index contributed by atoms with van der Waals surface area (Å²) in [5, 5.41) is 6.07. The fourth-order valence-corrected chi connectivity index (χ4v) is 2.33. The minimum Gasteiger partial charge on any atom is -0.496 e. The highest BCUT2D eigenvalue weighted by Crippen LogP contribution is 2.26. The molecule has 1 aliphatic heterocycles. The summed E-state index contributed by atoms with van der Waals surface area (Å²) < 4.78 is 18.5. The summed E-state index contributed by atoms with van der Waals surface area (Å²) in [6.45, 7) is 3.41. The smallest absolute Gasteiger partial charge is 0.224 e. The number of rotatable bonds is 4. The molecule has 1 heterocycles. The van der Waals surface area contributed by atoms with Crippen LogP contribution in [0, 0.1) is 11.7 Å². The van der Waals surface area contributed by atoms with Gasteiger partial charge in [0.15, 0.2) is 0 Å². The lowest BCUT2D eigenvalue weighted by atomic mass is 10.0. The maximum Gasteiger partial charge on any atom is 0.224 e. The molecule has 5 heteroatoms. The number of halogens is 1. The van der Waals surface area contributed by atoms with Gasteiger partial charge in [0.1, 0.15) is 11.6 Å². The molecule has 0 bridgehead atoms. The van der Waals surface area contributed by atoms with Crippen LogP contribution in [0.15, 0.2) is 18.2 Å². The number of carbonyl (C=O) groups excluding carboxylic acids is 1. The van der Waals surface area contributed by atoms with Crippen molar-refractivity contribution in [2.75, 3.05) is 20.2 Å². The molecule has 1 amide bonds. The van der Waals surface area contributed by atoms with E-state index < -0.39 is 0 Å². The number of benzene rings is 1. The van der Waals surface area contributed by atoms with Crippen LogP contribution in [0.5, 0.6) is 5.75 Å². The first-order valence-electron chi connectivity index (χ1n) is 6.46. The summed E-state index contributed by atoms with van der Waals surface area (Å²) in [4.78, 5) is 12.0. The van der Waals surface area contributed by atoms with Gasteiger partial charge in [-0.05, 0) is 38.1 Å². The highest BCUT2D eigenvalue weighted by Gasteiger charge is 2.24. The Morgan fingerprint density at radius 3 is 3.00 bits per heavy atom. The van der Waals surface area contributed by atoms with Crippen molar-refractivity contribution in [3.63, 3.8) is 0 Å². The van der Waals surface area contributed by atoms with E-state index in [2.05, 4.69) is 10.6 Å². The molecule has 0 spiro atoms. The van der Waals surface area contributed by atoms with Gasteiger partial charge in [0.25, 0.3) is 0 Å². The number of nitrogens with one attached hydrogen (secondary N) is 2. The topological polar surface area (TPSA) is 50.4 Å². The average molecular weight is 266 g/mol. The van der Waals surface area contributed by atoms with E-state index in [0.717, 1.165) is 13.0 Å². The van der Waals surface area contributed by atoms with E-state index in [-0.39, 0.29) is 23.7 Å². The lowest BCUT2D eigenvalue weighted by Gasteiger charge is -2.19. The molecule has 1 aromatic carbocycles. The third-order valence-corrected chi connectivity index (χ3v) is 3.45. The molecule has 2 unspecified atom stereocenters. The number of hydrogen-bond donors (Lipinski definition) is 2. The van der Waals surface area contributed by atoms with Crippen LogP contribution in [0.2, 0.25) is 0 Å². The summed E-state index contributed by atoms with van der Waals surface area (Å²) in [6, 6.07) is 4.04. The fourth-order valence-electron chi connectivity index (χ4n) is 2.33. The largest absolute Gasteiger partial charge is 0.496 e. The van der Waals surface area contributed by atoms with E-state index >= 15 is 0 Å². The predicted molar refractivity (Wildman–Crippen MR) is 70.5 cm³/mol. The third kappa shape index (κ3) is 3.23. The van der Waals surface area contributed by atoms with E-state index in [9.17, 15) is 9.18 Å². The number of methoxy groups -OCH3 is 1. The van der Waals surface area contributed by atoms with Gasteiger partial charge in [-0.3, -0.25) is 4.79 Å². The molecule has 2 rings (SSSR count). The van der Waals surface area contributed by atoms with Crippen LogP contribution in [-0.2, 0) is 4.79 Å². The Kier molecular flexibility index (Phi) is 4.37. The molecular weight excluding hydrogens is 247 g/mol. The average Bonchev–Trinajstić information content (AvgIpc) is 2.92. The molecule has 0 radical (unpaired) electrons. The summed E-state index contributed by atoms with van der Waals surface area (Å²) in [6.07, 6.45) is 0.846. The van der Waals surface area contributed by atoms with Crippen molar-refractivity contribution in [1.82, 2.24) is 10.6 Å². The standard InChI is InChI=1S/C14H19FN2O2/c1-9(17-14(18)10-5-6-16-8-10)12-7-11(15)3-4-13(12)19-2/h3-4,7,9-10,16H,5-6,8H2,1-2H3,(H,17,18). The van der Waals surface area contributed by atoms with Crippen molar-refractivity contribution < 1.29 is 13.9 Å². The summed E-state index contributed by atoms with van der Waals surface area (Å²) in [5.74, 6) is 0.254. The Morgan fingerprint density at radius 2 is 2.37 bits per heavy atom. The van der Waals surface area contributed by atoms with Crippen molar-refractivity contribution in [2.45, 2.75) is 19.4 Å². The molecule has 2 N–H and O–H groups in total. The van der Waals surface area contributed by atoms with Gasteiger partial charge >= 0.3 is 0 Å². The monoisotopic (exact) mass is 266 g/mol. The second-order valence-electron chi connectivity index (χ2n) is 4.81. The highest BCUT2D eigenvalue weighted by molar-refractivity contribution is 5.79. The second-order valence-corrected chi connectivity index (χ2v) is 4.81. The van der Waals surface area contributed by atoms with Crippen molar-refractivity contribution in [3.05, 3.63) is 29.6 Å². The van der Waals surface area contributed by atoms with Crippen molar-refractivity contribution >= 4 is 5.91 Å². The molecule has 19 heavy (non-hydrogen) atoms. The Balaban J connectivity index is 2.08. The fraction of sp³-hybridized carbons (Fsp3) is 0.500. The van der Waals surface area contributed by atoms with Gasteiger partial charge in [-0.2, -0.15) is 0 Å². The molecule has 1 aromatic rings. The maximum atomic E-state index is 13.3. The van der Waals surface area contributed by atoms with Gasteiger partial charge < -0.3 is 15.4 Å². The minimum atomic E-state index is -0.334. The molecule has 4 nitrogen and oxygen atoms in total. The van der Waals surface area contributed by atoms with Gasteiger partial charge in [0.2, 0.25) is 5.91 Å². The van der Waals surface area contributed by atoms with Crippen LogP contribution in [-0.4, -0.2) is 26.1 Å². The first-order valence-corrected chi connectivity index (χ1v) is 6.46. The van der Waals surface area contributed by atoms with Crippen LogP contribution in [0.1, 0.15) is 24.9 Å². The van der Waals surface area contributed by atoms with Gasteiger partial charge in [0.05, 0.1) is 19.1 Å². The number of ether oxygens (including phenoxy) is 1. The molecule has 1 fully saturated rings. The summed E-state index contributed by atoms with van der Waals surface area (Å²) in [7, 11) is 1.53. The summed E-state index contributed by atoms with van der Waals surface area (Å²) in [5.41, 5.74) is 0.654. The molecule has 2 atom stereocenters. The lowest BCUT2D eigenvalue weighted by Crippen LogP contribution is -2.34. The number of amides is 1. The van der Waals surface area contributed by atoms with Gasteiger partial charge in [-0.1, -0.05) is 0 Å². The molecule has 0 aliphatic carbocycles. The zero-order valence-electron chi connectivity index (χ0n) is 11.2. The predicted octanol–water partition coefficient (Wildman–Crippen LogP) is 1.62. The maximum absolute atomic E-state index is 13.3. The van der Waals surface area contributed by atoms with E-state index in [1.807, 2.05) is 6.92 Å². The first kappa shape index (κ1) is 13.8. The number of hydrogen-bond acceptors (Lipinski definition) is 3. The molecule has 104 valence electrons. The van der Waals surface area contributed by atoms with E-state index in [1.54, 1.807) is 6.07 Å². The number of carbonyl (C=O) groups is 1. The van der Waals surface area contributed by atoms with E-state index in [1.165, 1.54) is 19.2 Å². The van der Waals surface area contributed by atoms with Gasteiger partial charge in [0, 0.05) is 12.1 Å². The van der Waals surface area contributed by atoms with Crippen LogP contribution >= 0.6 is 0 Å².